The highest BCUT2D eigenvalue weighted by Crippen LogP contribution is 2.25. The summed E-state index contributed by atoms with van der Waals surface area (Å²) in [6.07, 6.45) is 0. The molecule has 0 unspecified atom stereocenters. The molecular weight excluding hydrogens is 260 g/mol. The molecule has 0 heterocycles. The van der Waals surface area contributed by atoms with Gasteiger partial charge in [-0.15, -0.1) is 0 Å². The summed E-state index contributed by atoms with van der Waals surface area (Å²) in [4.78, 5) is 12.0. The second-order valence-electron chi connectivity index (χ2n) is 6.38. The van der Waals surface area contributed by atoms with E-state index < -0.39 is 8.07 Å². The molecule has 2 rings (SSSR count). The van der Waals surface area contributed by atoms with E-state index in [9.17, 15) is 4.79 Å². The highest BCUT2D eigenvalue weighted by Gasteiger charge is 2.22. The maximum atomic E-state index is 12.0. The van der Waals surface area contributed by atoms with E-state index >= 15 is 0 Å². The van der Waals surface area contributed by atoms with Crippen molar-refractivity contribution in [2.75, 3.05) is 0 Å². The van der Waals surface area contributed by atoms with E-state index in [-0.39, 0.29) is 5.78 Å². The monoisotopic (exact) mass is 282 g/mol. The number of rotatable bonds is 3. The zero-order valence-electron chi connectivity index (χ0n) is 12.9. The Kier molecular flexibility index (Phi) is 3.96. The fourth-order valence-corrected chi connectivity index (χ4v) is 4.50. The Morgan fingerprint density at radius 2 is 1.60 bits per heavy atom. The summed E-state index contributed by atoms with van der Waals surface area (Å²) in [5, 5.41) is 1.38. The summed E-state index contributed by atoms with van der Waals surface area (Å²) >= 11 is 0. The van der Waals surface area contributed by atoms with Gasteiger partial charge in [0.15, 0.2) is 5.78 Å². The molecule has 0 N–H and O–H groups in total. The maximum Gasteiger partial charge on any atom is 0.160 e. The number of ketones is 1. The van der Waals surface area contributed by atoms with Gasteiger partial charge in [-0.3, -0.25) is 4.79 Å². The largest absolute Gasteiger partial charge is 0.294 e. The first-order chi connectivity index (χ1) is 9.30. The molecule has 20 heavy (non-hydrogen) atoms. The summed E-state index contributed by atoms with van der Waals surface area (Å²) in [6.45, 7) is 10.8. The van der Waals surface area contributed by atoms with Crippen LogP contribution in [0.25, 0.3) is 11.1 Å². The summed E-state index contributed by atoms with van der Waals surface area (Å²) in [5.41, 5.74) is 4.31. The molecular formula is C18H22OSi. The van der Waals surface area contributed by atoms with Crippen molar-refractivity contribution >= 4 is 19.0 Å². The third-order valence-corrected chi connectivity index (χ3v) is 5.79. The van der Waals surface area contributed by atoms with Crippen LogP contribution in [0.3, 0.4) is 0 Å². The van der Waals surface area contributed by atoms with Gasteiger partial charge in [0.25, 0.3) is 0 Å². The van der Waals surface area contributed by atoms with Crippen molar-refractivity contribution in [3.63, 3.8) is 0 Å². The van der Waals surface area contributed by atoms with Crippen molar-refractivity contribution in [1.82, 2.24) is 0 Å². The Balaban J connectivity index is 2.71. The number of Topliss-reactive ketones (excluding diaryl/α,β-unsaturated/α-hetero) is 1. The van der Waals surface area contributed by atoms with E-state index in [0.29, 0.717) is 0 Å². The molecule has 0 aliphatic rings. The highest BCUT2D eigenvalue weighted by molar-refractivity contribution is 6.89. The van der Waals surface area contributed by atoms with E-state index in [0.717, 1.165) is 16.7 Å². The number of hydrogen-bond donors (Lipinski definition) is 0. The lowest BCUT2D eigenvalue weighted by Gasteiger charge is -2.22. The molecule has 2 aromatic carbocycles. The lowest BCUT2D eigenvalue weighted by molar-refractivity contribution is 0.101. The number of hydrogen-bond acceptors (Lipinski definition) is 1. The zero-order chi connectivity index (χ0) is 14.9. The summed E-state index contributed by atoms with van der Waals surface area (Å²) in [7, 11) is -1.43. The summed E-state index contributed by atoms with van der Waals surface area (Å²) in [5.74, 6) is 0.142. The number of carbonyl (C=O) groups is 1. The molecule has 0 amide bonds. The normalized spacial score (nSPS) is 11.4. The first-order valence-electron chi connectivity index (χ1n) is 7.02. The molecule has 0 bridgehead atoms. The molecule has 0 fully saturated rings. The van der Waals surface area contributed by atoms with Gasteiger partial charge >= 0.3 is 0 Å². The first-order valence-corrected chi connectivity index (χ1v) is 10.5. The van der Waals surface area contributed by atoms with Gasteiger partial charge < -0.3 is 0 Å². The number of benzene rings is 2. The maximum absolute atomic E-state index is 12.0. The summed E-state index contributed by atoms with van der Waals surface area (Å²) in [6, 6.07) is 14.5. The first kappa shape index (κ1) is 14.7. The molecule has 2 aromatic rings. The van der Waals surface area contributed by atoms with Crippen LogP contribution in [-0.4, -0.2) is 13.9 Å². The van der Waals surface area contributed by atoms with Crippen LogP contribution in [0.2, 0.25) is 19.6 Å². The van der Waals surface area contributed by atoms with Crippen molar-refractivity contribution in [1.29, 1.82) is 0 Å². The van der Waals surface area contributed by atoms with E-state index in [1.165, 1.54) is 10.8 Å². The van der Waals surface area contributed by atoms with Crippen LogP contribution in [0.15, 0.2) is 42.5 Å². The van der Waals surface area contributed by atoms with Crippen molar-refractivity contribution in [2.45, 2.75) is 33.5 Å². The third kappa shape index (κ3) is 2.91. The fraction of sp³-hybridized carbons (Fsp3) is 0.278. The average Bonchev–Trinajstić information content (AvgIpc) is 2.37. The molecule has 0 aromatic heterocycles. The Bertz CT molecular complexity index is 636. The van der Waals surface area contributed by atoms with Gasteiger partial charge in [0.05, 0.1) is 8.07 Å². The van der Waals surface area contributed by atoms with Gasteiger partial charge in [-0.05, 0) is 25.0 Å². The van der Waals surface area contributed by atoms with Crippen molar-refractivity contribution < 1.29 is 4.79 Å². The minimum Gasteiger partial charge on any atom is -0.294 e. The highest BCUT2D eigenvalue weighted by atomic mass is 28.3. The third-order valence-electron chi connectivity index (χ3n) is 3.64. The van der Waals surface area contributed by atoms with E-state index in [1.807, 2.05) is 18.2 Å². The minimum atomic E-state index is -1.43. The lowest BCUT2D eigenvalue weighted by atomic mass is 9.95. The molecule has 0 aliphatic carbocycles. The molecule has 0 saturated heterocycles. The van der Waals surface area contributed by atoms with Crippen LogP contribution in [0.4, 0.5) is 0 Å². The smallest absolute Gasteiger partial charge is 0.160 e. The molecule has 1 nitrogen and oxygen atoms in total. The molecule has 104 valence electrons. The van der Waals surface area contributed by atoms with E-state index in [1.54, 1.807) is 6.92 Å². The van der Waals surface area contributed by atoms with E-state index in [4.69, 9.17) is 0 Å². The summed E-state index contributed by atoms with van der Waals surface area (Å²) < 4.78 is 0. The van der Waals surface area contributed by atoms with Crippen LogP contribution < -0.4 is 5.19 Å². The molecule has 2 heteroatoms. The van der Waals surface area contributed by atoms with Crippen LogP contribution in [-0.2, 0) is 0 Å². The zero-order valence-corrected chi connectivity index (χ0v) is 13.9. The van der Waals surface area contributed by atoms with Gasteiger partial charge in [-0.1, -0.05) is 72.9 Å². The number of aryl methyl sites for hydroxylation is 1. The predicted molar refractivity (Wildman–Crippen MR) is 89.6 cm³/mol. The van der Waals surface area contributed by atoms with Gasteiger partial charge in [0.2, 0.25) is 0 Å². The van der Waals surface area contributed by atoms with Crippen LogP contribution in [0.1, 0.15) is 22.8 Å². The van der Waals surface area contributed by atoms with Crippen LogP contribution in [0, 0.1) is 6.92 Å². The van der Waals surface area contributed by atoms with Crippen molar-refractivity contribution in [3.05, 3.63) is 53.6 Å². The van der Waals surface area contributed by atoms with Crippen LogP contribution >= 0.6 is 0 Å². The molecule has 0 saturated carbocycles. The van der Waals surface area contributed by atoms with Gasteiger partial charge in [0, 0.05) is 5.56 Å². The van der Waals surface area contributed by atoms with Crippen molar-refractivity contribution in [2.24, 2.45) is 0 Å². The topological polar surface area (TPSA) is 17.1 Å². The average molecular weight is 282 g/mol. The Morgan fingerprint density at radius 3 is 2.10 bits per heavy atom. The van der Waals surface area contributed by atoms with Crippen molar-refractivity contribution in [3.8, 4) is 11.1 Å². The number of carbonyl (C=O) groups excluding carboxylic acids is 1. The Labute approximate surface area is 122 Å². The second kappa shape index (κ2) is 5.37. The predicted octanol–water partition coefficient (Wildman–Crippen LogP) is 4.41. The fourth-order valence-electron chi connectivity index (χ4n) is 2.66. The molecule has 0 aliphatic heterocycles. The second-order valence-corrected chi connectivity index (χ2v) is 11.4. The molecule has 0 spiro atoms. The standard InChI is InChI=1S/C18H22OSi/c1-13-11-17(15-9-7-6-8-10-15)16(14(2)19)12-18(13)20(3,4)5/h6-12H,1-5H3. The van der Waals surface area contributed by atoms with Gasteiger partial charge in [0.1, 0.15) is 0 Å². The molecule has 0 atom stereocenters. The van der Waals surface area contributed by atoms with Gasteiger partial charge in [-0.25, -0.2) is 0 Å². The quantitative estimate of drug-likeness (QED) is 0.602. The van der Waals surface area contributed by atoms with Gasteiger partial charge in [-0.2, -0.15) is 0 Å². The SMILES string of the molecule is CC(=O)c1cc([Si](C)(C)C)c(C)cc1-c1ccccc1. The van der Waals surface area contributed by atoms with E-state index in [2.05, 4.69) is 50.8 Å². The van der Waals surface area contributed by atoms with Crippen LogP contribution in [0.5, 0.6) is 0 Å². The molecule has 0 radical (unpaired) electrons. The minimum absolute atomic E-state index is 0.142. The lowest BCUT2D eigenvalue weighted by Crippen LogP contribution is -2.40. The Morgan fingerprint density at radius 1 is 1.00 bits per heavy atom. The Hall–Kier alpha value is -1.67.